The largest absolute Gasteiger partial charge is 0.454 e. The topological polar surface area (TPSA) is 60.1 Å². The molecule has 0 aliphatic heterocycles. The maximum atomic E-state index is 12.2. The molecule has 118 valence electrons. The van der Waals surface area contributed by atoms with Crippen LogP contribution >= 0.6 is 11.6 Å². The molecule has 3 rings (SSSR count). The highest BCUT2D eigenvalue weighted by Gasteiger charge is 2.14. The van der Waals surface area contributed by atoms with Gasteiger partial charge in [0.25, 0.3) is 5.91 Å². The number of aryl methyl sites for hydroxylation is 1. The fourth-order valence-electron chi connectivity index (χ4n) is 2.28. The Morgan fingerprint density at radius 3 is 2.61 bits per heavy atom. The normalized spacial score (nSPS) is 10.7. The maximum Gasteiger partial charge on any atom is 0.291 e. The molecule has 0 fully saturated rings. The highest BCUT2D eigenvalue weighted by atomic mass is 35.5. The summed E-state index contributed by atoms with van der Waals surface area (Å²) in [6.45, 7) is 4.18. The van der Waals surface area contributed by atoms with Gasteiger partial charge in [0.15, 0.2) is 5.76 Å². The Kier molecular flexibility index (Phi) is 4.21. The standard InChI is InChI=1S/C17H16ClN3O2/c1-11-16(18)12(2)21(20-11)10-14-8-9-15(23-14)17(22)19-13-6-4-3-5-7-13/h3-9H,10H2,1-2H3,(H,19,22). The third-order valence-corrected chi connectivity index (χ3v) is 4.06. The van der Waals surface area contributed by atoms with E-state index in [0.29, 0.717) is 17.3 Å². The number of nitrogens with one attached hydrogen (secondary N) is 1. The molecule has 2 aromatic heterocycles. The summed E-state index contributed by atoms with van der Waals surface area (Å²) in [5, 5.41) is 7.79. The minimum Gasteiger partial charge on any atom is -0.454 e. The molecular formula is C17H16ClN3O2. The van der Waals surface area contributed by atoms with Crippen molar-refractivity contribution >= 4 is 23.2 Å². The van der Waals surface area contributed by atoms with E-state index in [1.807, 2.05) is 44.2 Å². The second kappa shape index (κ2) is 6.30. The number of rotatable bonds is 4. The first-order valence-electron chi connectivity index (χ1n) is 7.19. The van der Waals surface area contributed by atoms with Crippen molar-refractivity contribution in [3.8, 4) is 0 Å². The van der Waals surface area contributed by atoms with Gasteiger partial charge in [0.05, 0.1) is 23.0 Å². The Morgan fingerprint density at radius 1 is 1.22 bits per heavy atom. The minimum atomic E-state index is -0.283. The van der Waals surface area contributed by atoms with Crippen LogP contribution < -0.4 is 5.32 Å². The van der Waals surface area contributed by atoms with Crippen molar-refractivity contribution in [2.45, 2.75) is 20.4 Å². The number of anilines is 1. The smallest absolute Gasteiger partial charge is 0.291 e. The van der Waals surface area contributed by atoms with Crippen molar-refractivity contribution in [3.05, 3.63) is 70.4 Å². The van der Waals surface area contributed by atoms with Crippen molar-refractivity contribution in [1.29, 1.82) is 0 Å². The molecule has 0 aliphatic rings. The first kappa shape index (κ1) is 15.4. The average molecular weight is 330 g/mol. The lowest BCUT2D eigenvalue weighted by atomic mass is 10.3. The van der Waals surface area contributed by atoms with Crippen molar-refractivity contribution in [1.82, 2.24) is 9.78 Å². The Bertz CT molecular complexity index is 837. The van der Waals surface area contributed by atoms with Crippen LogP contribution in [0.4, 0.5) is 5.69 Å². The van der Waals surface area contributed by atoms with Gasteiger partial charge < -0.3 is 9.73 Å². The number of aromatic nitrogens is 2. The van der Waals surface area contributed by atoms with Crippen molar-refractivity contribution in [2.75, 3.05) is 5.32 Å². The van der Waals surface area contributed by atoms with Gasteiger partial charge in [-0.05, 0) is 38.1 Å². The quantitative estimate of drug-likeness (QED) is 0.785. The molecular weight excluding hydrogens is 314 g/mol. The van der Waals surface area contributed by atoms with E-state index >= 15 is 0 Å². The summed E-state index contributed by atoms with van der Waals surface area (Å²) in [5.74, 6) is 0.621. The lowest BCUT2D eigenvalue weighted by Crippen LogP contribution is -2.10. The van der Waals surface area contributed by atoms with Crippen LogP contribution in [0.2, 0.25) is 5.02 Å². The van der Waals surface area contributed by atoms with Crippen LogP contribution in [0.25, 0.3) is 0 Å². The third-order valence-electron chi connectivity index (χ3n) is 3.52. The lowest BCUT2D eigenvalue weighted by molar-refractivity contribution is 0.0994. The molecule has 1 N–H and O–H groups in total. The van der Waals surface area contributed by atoms with Crippen LogP contribution in [-0.2, 0) is 6.54 Å². The van der Waals surface area contributed by atoms with Crippen molar-refractivity contribution in [2.24, 2.45) is 0 Å². The number of nitrogens with zero attached hydrogens (tertiary/aromatic N) is 2. The van der Waals surface area contributed by atoms with E-state index in [4.69, 9.17) is 16.0 Å². The number of benzene rings is 1. The van der Waals surface area contributed by atoms with Crippen LogP contribution in [0.5, 0.6) is 0 Å². The number of hydrogen-bond donors (Lipinski definition) is 1. The predicted molar refractivity (Wildman–Crippen MR) is 88.9 cm³/mol. The second-order valence-electron chi connectivity index (χ2n) is 5.23. The minimum absolute atomic E-state index is 0.261. The van der Waals surface area contributed by atoms with E-state index in [2.05, 4.69) is 10.4 Å². The van der Waals surface area contributed by atoms with Crippen LogP contribution in [0, 0.1) is 13.8 Å². The lowest BCUT2D eigenvalue weighted by Gasteiger charge is -2.03. The highest BCUT2D eigenvalue weighted by molar-refractivity contribution is 6.31. The third kappa shape index (κ3) is 3.29. The Balaban J connectivity index is 1.72. The zero-order valence-electron chi connectivity index (χ0n) is 12.8. The summed E-state index contributed by atoms with van der Waals surface area (Å²) in [7, 11) is 0. The molecule has 0 aliphatic carbocycles. The van der Waals surface area contributed by atoms with E-state index in [0.717, 1.165) is 17.1 Å². The first-order valence-corrected chi connectivity index (χ1v) is 7.57. The first-order chi connectivity index (χ1) is 11.0. The molecule has 6 heteroatoms. The van der Waals surface area contributed by atoms with Gasteiger partial charge in [-0.2, -0.15) is 5.10 Å². The number of hydrogen-bond acceptors (Lipinski definition) is 3. The Labute approximate surface area is 138 Å². The summed E-state index contributed by atoms with van der Waals surface area (Å²) >= 11 is 6.13. The summed E-state index contributed by atoms with van der Waals surface area (Å²) in [4.78, 5) is 12.2. The van der Waals surface area contributed by atoms with Gasteiger partial charge in [-0.15, -0.1) is 0 Å². The van der Waals surface area contributed by atoms with Gasteiger partial charge in [-0.25, -0.2) is 0 Å². The summed E-state index contributed by atoms with van der Waals surface area (Å²) in [5.41, 5.74) is 2.37. The van der Waals surface area contributed by atoms with E-state index < -0.39 is 0 Å². The fraction of sp³-hybridized carbons (Fsp3) is 0.176. The molecule has 0 atom stereocenters. The molecule has 2 heterocycles. The zero-order valence-corrected chi connectivity index (χ0v) is 13.6. The average Bonchev–Trinajstić information content (AvgIpc) is 3.10. The molecule has 1 amide bonds. The molecule has 0 saturated heterocycles. The van der Waals surface area contributed by atoms with Crippen LogP contribution in [0.3, 0.4) is 0 Å². The van der Waals surface area contributed by atoms with Gasteiger partial charge in [-0.3, -0.25) is 9.48 Å². The zero-order chi connectivity index (χ0) is 16.4. The van der Waals surface area contributed by atoms with E-state index in [1.54, 1.807) is 16.8 Å². The molecule has 1 aromatic carbocycles. The number of carbonyl (C=O) groups is 1. The molecule has 0 radical (unpaired) electrons. The molecule has 5 nitrogen and oxygen atoms in total. The predicted octanol–water partition coefficient (Wildman–Crippen LogP) is 4.05. The monoisotopic (exact) mass is 329 g/mol. The van der Waals surface area contributed by atoms with E-state index in [9.17, 15) is 4.79 Å². The molecule has 0 spiro atoms. The number of furan rings is 1. The van der Waals surface area contributed by atoms with Crippen molar-refractivity contribution < 1.29 is 9.21 Å². The van der Waals surface area contributed by atoms with Gasteiger partial charge >= 0.3 is 0 Å². The second-order valence-corrected chi connectivity index (χ2v) is 5.61. The highest BCUT2D eigenvalue weighted by Crippen LogP contribution is 2.20. The van der Waals surface area contributed by atoms with Crippen LogP contribution in [0.1, 0.15) is 27.7 Å². The number of para-hydroxylation sites is 1. The number of amides is 1. The fourth-order valence-corrected chi connectivity index (χ4v) is 2.41. The van der Waals surface area contributed by atoms with E-state index in [1.165, 1.54) is 0 Å². The SMILES string of the molecule is Cc1nn(Cc2ccc(C(=O)Nc3ccccc3)o2)c(C)c1Cl. The van der Waals surface area contributed by atoms with E-state index in [-0.39, 0.29) is 11.7 Å². The van der Waals surface area contributed by atoms with Crippen LogP contribution in [-0.4, -0.2) is 15.7 Å². The Morgan fingerprint density at radius 2 is 1.96 bits per heavy atom. The van der Waals surface area contributed by atoms with Crippen LogP contribution in [0.15, 0.2) is 46.9 Å². The number of carbonyl (C=O) groups excluding carboxylic acids is 1. The van der Waals surface area contributed by atoms with Crippen molar-refractivity contribution in [3.63, 3.8) is 0 Å². The maximum absolute atomic E-state index is 12.2. The van der Waals surface area contributed by atoms with Gasteiger partial charge in [0.1, 0.15) is 5.76 Å². The molecule has 23 heavy (non-hydrogen) atoms. The molecule has 0 saturated carbocycles. The summed E-state index contributed by atoms with van der Waals surface area (Å²) in [6, 6.07) is 12.7. The molecule has 0 bridgehead atoms. The summed E-state index contributed by atoms with van der Waals surface area (Å²) in [6.07, 6.45) is 0. The summed E-state index contributed by atoms with van der Waals surface area (Å²) < 4.78 is 7.37. The van der Waals surface area contributed by atoms with Gasteiger partial charge in [0, 0.05) is 5.69 Å². The molecule has 3 aromatic rings. The van der Waals surface area contributed by atoms with Gasteiger partial charge in [0.2, 0.25) is 0 Å². The van der Waals surface area contributed by atoms with Gasteiger partial charge in [-0.1, -0.05) is 29.8 Å². The molecule has 0 unspecified atom stereocenters. The number of halogens is 1. The Hall–Kier alpha value is -2.53.